The van der Waals surface area contributed by atoms with E-state index in [-0.39, 0.29) is 11.9 Å². The Morgan fingerprint density at radius 1 is 1.29 bits per heavy atom. The lowest BCUT2D eigenvalue weighted by molar-refractivity contribution is -0.145. The Balaban J connectivity index is 3.88. The molecule has 14 heavy (non-hydrogen) atoms. The summed E-state index contributed by atoms with van der Waals surface area (Å²) in [6, 6.07) is 0. The predicted molar refractivity (Wildman–Crippen MR) is 51.6 cm³/mol. The molecule has 0 aliphatic carbocycles. The number of hydrogen-bond acceptors (Lipinski definition) is 4. The lowest BCUT2D eigenvalue weighted by atomic mass is 10.0. The minimum Gasteiger partial charge on any atom is -0.469 e. The molecular weight excluding hydrogens is 184 g/mol. The molecule has 0 aromatic carbocycles. The fourth-order valence-electron chi connectivity index (χ4n) is 0.956. The molecule has 0 rings (SSSR count). The molecular formula is C10H16O4. The van der Waals surface area contributed by atoms with E-state index < -0.39 is 5.97 Å². The van der Waals surface area contributed by atoms with Crippen LogP contribution in [0.5, 0.6) is 0 Å². The molecule has 0 saturated heterocycles. The van der Waals surface area contributed by atoms with Gasteiger partial charge in [-0.2, -0.15) is 0 Å². The molecule has 0 spiro atoms. The Hall–Kier alpha value is -1.32. The number of carbonyl (C=O) groups is 2. The maximum absolute atomic E-state index is 11.0. The van der Waals surface area contributed by atoms with Crippen molar-refractivity contribution < 1.29 is 19.1 Å². The van der Waals surface area contributed by atoms with E-state index in [0.29, 0.717) is 18.4 Å². The highest BCUT2D eigenvalue weighted by atomic mass is 16.5. The zero-order valence-electron chi connectivity index (χ0n) is 8.83. The van der Waals surface area contributed by atoms with Gasteiger partial charge in [0, 0.05) is 5.57 Å². The minimum atomic E-state index is -0.429. The zero-order chi connectivity index (χ0) is 11.1. The van der Waals surface area contributed by atoms with Crippen LogP contribution in [-0.4, -0.2) is 26.2 Å². The highest BCUT2D eigenvalue weighted by Crippen LogP contribution is 2.12. The molecule has 0 aliphatic heterocycles. The van der Waals surface area contributed by atoms with Gasteiger partial charge in [0.1, 0.15) is 0 Å². The number of carbonyl (C=O) groups excluding carboxylic acids is 2. The second kappa shape index (κ2) is 6.18. The van der Waals surface area contributed by atoms with Crippen molar-refractivity contribution in [1.82, 2.24) is 0 Å². The molecule has 0 aromatic heterocycles. The van der Waals surface area contributed by atoms with Crippen molar-refractivity contribution in [2.75, 3.05) is 14.2 Å². The SMILES string of the molecule is C=C(CCC(C)C(=O)OC)C(=O)OC. The van der Waals surface area contributed by atoms with Crippen LogP contribution in [0.25, 0.3) is 0 Å². The lowest BCUT2D eigenvalue weighted by Crippen LogP contribution is -2.14. The number of rotatable bonds is 5. The van der Waals surface area contributed by atoms with E-state index in [9.17, 15) is 9.59 Å². The van der Waals surface area contributed by atoms with Crippen molar-refractivity contribution in [3.8, 4) is 0 Å². The fourth-order valence-corrected chi connectivity index (χ4v) is 0.956. The number of ether oxygens (including phenoxy) is 2. The summed E-state index contributed by atoms with van der Waals surface area (Å²) in [5.74, 6) is -0.925. The van der Waals surface area contributed by atoms with Crippen molar-refractivity contribution in [3.05, 3.63) is 12.2 Å². The smallest absolute Gasteiger partial charge is 0.333 e. The quantitative estimate of drug-likeness (QED) is 0.496. The molecule has 1 unspecified atom stereocenters. The number of esters is 2. The van der Waals surface area contributed by atoms with Crippen LogP contribution in [-0.2, 0) is 19.1 Å². The average molecular weight is 200 g/mol. The topological polar surface area (TPSA) is 52.6 Å². The summed E-state index contributed by atoms with van der Waals surface area (Å²) < 4.78 is 9.02. The van der Waals surface area contributed by atoms with Crippen LogP contribution in [0.1, 0.15) is 19.8 Å². The maximum atomic E-state index is 11.0. The van der Waals surface area contributed by atoms with Gasteiger partial charge in [0.2, 0.25) is 0 Å². The Kier molecular flexibility index (Phi) is 5.60. The summed E-state index contributed by atoms with van der Waals surface area (Å²) in [5, 5.41) is 0. The van der Waals surface area contributed by atoms with Crippen molar-refractivity contribution in [2.45, 2.75) is 19.8 Å². The van der Waals surface area contributed by atoms with E-state index in [4.69, 9.17) is 0 Å². The van der Waals surface area contributed by atoms with E-state index in [0.717, 1.165) is 0 Å². The number of hydrogen-bond donors (Lipinski definition) is 0. The Morgan fingerprint density at radius 3 is 2.29 bits per heavy atom. The van der Waals surface area contributed by atoms with E-state index in [2.05, 4.69) is 16.1 Å². The summed E-state index contributed by atoms with van der Waals surface area (Å²) in [6.07, 6.45) is 0.990. The monoisotopic (exact) mass is 200 g/mol. The molecule has 4 nitrogen and oxygen atoms in total. The summed E-state index contributed by atoms with van der Waals surface area (Å²) in [4.78, 5) is 21.9. The second-order valence-corrected chi connectivity index (χ2v) is 3.06. The van der Waals surface area contributed by atoms with Crippen LogP contribution in [0.15, 0.2) is 12.2 Å². The largest absolute Gasteiger partial charge is 0.469 e. The van der Waals surface area contributed by atoms with Gasteiger partial charge in [-0.3, -0.25) is 4.79 Å². The predicted octanol–water partition coefficient (Wildman–Crippen LogP) is 1.30. The number of methoxy groups -OCH3 is 2. The van der Waals surface area contributed by atoms with Gasteiger partial charge < -0.3 is 9.47 Å². The van der Waals surface area contributed by atoms with Crippen LogP contribution in [0, 0.1) is 5.92 Å². The molecule has 80 valence electrons. The van der Waals surface area contributed by atoms with Crippen molar-refractivity contribution in [3.63, 3.8) is 0 Å². The summed E-state index contributed by atoms with van der Waals surface area (Å²) in [5.41, 5.74) is 0.378. The van der Waals surface area contributed by atoms with Crippen molar-refractivity contribution in [1.29, 1.82) is 0 Å². The van der Waals surface area contributed by atoms with Crippen molar-refractivity contribution >= 4 is 11.9 Å². The molecule has 0 aromatic rings. The normalized spacial score (nSPS) is 11.6. The Morgan fingerprint density at radius 2 is 1.86 bits per heavy atom. The molecule has 0 fully saturated rings. The molecule has 0 heterocycles. The first-order valence-corrected chi connectivity index (χ1v) is 4.36. The van der Waals surface area contributed by atoms with Gasteiger partial charge in [0.15, 0.2) is 0 Å². The highest BCUT2D eigenvalue weighted by Gasteiger charge is 2.15. The van der Waals surface area contributed by atoms with Crippen LogP contribution in [0.3, 0.4) is 0 Å². The summed E-state index contributed by atoms with van der Waals surface area (Å²) in [7, 11) is 2.64. The minimum absolute atomic E-state index is 0.221. The van der Waals surface area contributed by atoms with E-state index in [1.54, 1.807) is 6.92 Å². The van der Waals surface area contributed by atoms with Crippen LogP contribution in [0.2, 0.25) is 0 Å². The van der Waals surface area contributed by atoms with E-state index >= 15 is 0 Å². The molecule has 4 heteroatoms. The first kappa shape index (κ1) is 12.7. The molecule has 0 radical (unpaired) electrons. The summed E-state index contributed by atoms with van der Waals surface area (Å²) >= 11 is 0. The second-order valence-electron chi connectivity index (χ2n) is 3.06. The molecule has 0 bridgehead atoms. The first-order valence-electron chi connectivity index (χ1n) is 4.36. The molecule has 0 aliphatic rings. The van der Waals surface area contributed by atoms with Crippen LogP contribution >= 0.6 is 0 Å². The third kappa shape index (κ3) is 4.07. The highest BCUT2D eigenvalue weighted by molar-refractivity contribution is 5.87. The first-order chi connectivity index (χ1) is 6.52. The van der Waals surface area contributed by atoms with Gasteiger partial charge in [0.25, 0.3) is 0 Å². The van der Waals surface area contributed by atoms with Gasteiger partial charge in [0.05, 0.1) is 20.1 Å². The molecule has 0 amide bonds. The maximum Gasteiger partial charge on any atom is 0.333 e. The molecule has 0 N–H and O–H groups in total. The van der Waals surface area contributed by atoms with E-state index in [1.165, 1.54) is 14.2 Å². The zero-order valence-corrected chi connectivity index (χ0v) is 8.83. The molecule has 1 atom stereocenters. The Labute approximate surface area is 83.9 Å². The standard InChI is InChI=1S/C10H16O4/c1-7(9(11)13-3)5-6-8(2)10(12)14-4/h8H,1,5-6H2,2-4H3. The fraction of sp³-hybridized carbons (Fsp3) is 0.600. The average Bonchev–Trinajstić information content (AvgIpc) is 2.22. The van der Waals surface area contributed by atoms with Crippen molar-refractivity contribution in [2.24, 2.45) is 5.92 Å². The van der Waals surface area contributed by atoms with Crippen LogP contribution < -0.4 is 0 Å². The third-order valence-corrected chi connectivity index (χ3v) is 1.96. The van der Waals surface area contributed by atoms with E-state index in [1.807, 2.05) is 0 Å². The van der Waals surface area contributed by atoms with Gasteiger partial charge >= 0.3 is 11.9 Å². The summed E-state index contributed by atoms with van der Waals surface area (Å²) in [6.45, 7) is 5.30. The van der Waals surface area contributed by atoms with Gasteiger partial charge in [-0.15, -0.1) is 0 Å². The van der Waals surface area contributed by atoms with Gasteiger partial charge in [-0.25, -0.2) is 4.79 Å². The Bertz CT molecular complexity index is 232. The van der Waals surface area contributed by atoms with Gasteiger partial charge in [-0.05, 0) is 12.8 Å². The molecule has 0 saturated carbocycles. The third-order valence-electron chi connectivity index (χ3n) is 1.96. The lowest BCUT2D eigenvalue weighted by Gasteiger charge is -2.08. The van der Waals surface area contributed by atoms with Crippen LogP contribution in [0.4, 0.5) is 0 Å². The van der Waals surface area contributed by atoms with Gasteiger partial charge in [-0.1, -0.05) is 13.5 Å².